The van der Waals surface area contributed by atoms with Crippen molar-refractivity contribution in [1.82, 2.24) is 4.41 Å². The summed E-state index contributed by atoms with van der Waals surface area (Å²) < 4.78 is 1.31. The molecule has 1 aromatic rings. The number of nitrogens with zero attached hydrogens (tertiary/aromatic N) is 1. The van der Waals surface area contributed by atoms with Crippen LogP contribution >= 0.6 is 20.9 Å². The molecule has 0 heterocycles. The topological polar surface area (TPSA) is 46.3 Å². The lowest BCUT2D eigenvalue weighted by Gasteiger charge is -2.25. The van der Waals surface area contributed by atoms with Crippen LogP contribution in [-0.4, -0.2) is 22.8 Å². The van der Waals surface area contributed by atoms with E-state index in [9.17, 15) is 4.79 Å². The molecule has 78 valence electrons. The number of rotatable bonds is 3. The summed E-state index contributed by atoms with van der Waals surface area (Å²) in [7, 11) is 0.976. The molecule has 0 saturated heterocycles. The predicted octanol–water partition coefficient (Wildman–Crippen LogP) is 1.83. The average molecular weight is 230 g/mol. The number of carbonyl (C=O) groups is 1. The van der Waals surface area contributed by atoms with Crippen LogP contribution in [-0.2, 0) is 0 Å². The second kappa shape index (κ2) is 5.29. The summed E-state index contributed by atoms with van der Waals surface area (Å²) in [5.74, 6) is 5.58. The third-order valence-corrected chi connectivity index (χ3v) is 5.23. The minimum absolute atomic E-state index is 0.117. The van der Waals surface area contributed by atoms with E-state index in [1.165, 1.54) is 4.41 Å². The summed E-state index contributed by atoms with van der Waals surface area (Å²) >= 11 is 0. The van der Waals surface area contributed by atoms with Crippen molar-refractivity contribution in [2.24, 2.45) is 5.84 Å². The van der Waals surface area contributed by atoms with E-state index in [0.29, 0.717) is 5.56 Å². The largest absolute Gasteiger partial charge is 0.277 e. The summed E-state index contributed by atoms with van der Waals surface area (Å²) in [6.45, 7) is 0. The zero-order valence-electron chi connectivity index (χ0n) is 8.18. The van der Waals surface area contributed by atoms with Crippen LogP contribution in [0.4, 0.5) is 0 Å². The van der Waals surface area contributed by atoms with E-state index in [4.69, 9.17) is 5.84 Å². The maximum absolute atomic E-state index is 11.7. The molecule has 0 radical (unpaired) electrons. The van der Waals surface area contributed by atoms with E-state index < -0.39 is 10.1 Å². The molecule has 2 N–H and O–H groups in total. The van der Waals surface area contributed by atoms with Crippen molar-refractivity contribution in [3.8, 4) is 0 Å². The van der Waals surface area contributed by atoms with Gasteiger partial charge in [-0.05, 0) is 24.6 Å². The lowest BCUT2D eigenvalue weighted by Crippen LogP contribution is -2.33. The van der Waals surface area contributed by atoms with Crippen molar-refractivity contribution in [3.63, 3.8) is 0 Å². The van der Waals surface area contributed by atoms with Crippen LogP contribution < -0.4 is 5.84 Å². The van der Waals surface area contributed by atoms with Crippen molar-refractivity contribution in [2.75, 3.05) is 12.5 Å². The lowest BCUT2D eigenvalue weighted by molar-refractivity contribution is 0.0872. The van der Waals surface area contributed by atoms with Gasteiger partial charge < -0.3 is 0 Å². The van der Waals surface area contributed by atoms with Gasteiger partial charge in [-0.1, -0.05) is 18.2 Å². The van der Waals surface area contributed by atoms with Gasteiger partial charge in [-0.3, -0.25) is 4.79 Å². The summed E-state index contributed by atoms with van der Waals surface area (Å²) in [6, 6.07) is 9.08. The molecule has 1 rings (SSSR count). The second-order valence-electron chi connectivity index (χ2n) is 2.66. The lowest BCUT2D eigenvalue weighted by atomic mass is 10.2. The number of thiol groups is 1. The standard InChI is InChI=1S/C9H14N2OS2/c1-13-14(2)11(10)9(12)8-6-4-3-5-7-8/h3-7,14H,10H2,1-2H3. The Morgan fingerprint density at radius 3 is 2.50 bits per heavy atom. The molecule has 0 aromatic heterocycles. The van der Waals surface area contributed by atoms with Gasteiger partial charge in [0.25, 0.3) is 5.91 Å². The van der Waals surface area contributed by atoms with Crippen LogP contribution in [0.3, 0.4) is 0 Å². The molecule has 1 atom stereocenters. The Labute approximate surface area is 90.5 Å². The van der Waals surface area contributed by atoms with Crippen LogP contribution in [0.1, 0.15) is 10.4 Å². The van der Waals surface area contributed by atoms with Crippen LogP contribution in [0, 0.1) is 0 Å². The summed E-state index contributed by atoms with van der Waals surface area (Å²) in [5.41, 5.74) is 0.637. The van der Waals surface area contributed by atoms with Gasteiger partial charge in [0.2, 0.25) is 0 Å². The van der Waals surface area contributed by atoms with Crippen LogP contribution in [0.2, 0.25) is 0 Å². The molecule has 14 heavy (non-hydrogen) atoms. The predicted molar refractivity (Wildman–Crippen MR) is 65.2 cm³/mol. The molecule has 1 amide bonds. The number of amides is 1. The van der Waals surface area contributed by atoms with Gasteiger partial charge in [-0.15, -0.1) is 20.9 Å². The molecule has 5 heteroatoms. The van der Waals surface area contributed by atoms with Crippen molar-refractivity contribution in [1.29, 1.82) is 0 Å². The molecule has 0 aliphatic rings. The monoisotopic (exact) mass is 230 g/mol. The number of hydrogen-bond acceptors (Lipinski definition) is 3. The van der Waals surface area contributed by atoms with Crippen molar-refractivity contribution >= 4 is 26.8 Å². The highest BCUT2D eigenvalue weighted by Crippen LogP contribution is 2.36. The zero-order chi connectivity index (χ0) is 10.6. The van der Waals surface area contributed by atoms with E-state index in [0.717, 1.165) is 0 Å². The fourth-order valence-electron chi connectivity index (χ4n) is 0.929. The zero-order valence-corrected chi connectivity index (χ0v) is 9.89. The maximum Gasteiger partial charge on any atom is 0.277 e. The van der Waals surface area contributed by atoms with E-state index in [1.54, 1.807) is 22.9 Å². The number of hydrazine groups is 1. The molecular weight excluding hydrogens is 216 g/mol. The minimum atomic E-state index is -0.624. The summed E-state index contributed by atoms with van der Waals surface area (Å²) in [5, 5.41) is 0. The molecule has 0 saturated carbocycles. The SMILES string of the molecule is CS[SH](C)N(N)C(=O)c1ccccc1. The first kappa shape index (κ1) is 11.4. The first-order valence-corrected chi connectivity index (χ1v) is 7.66. The summed E-state index contributed by atoms with van der Waals surface area (Å²) in [6.07, 6.45) is 3.91. The molecule has 1 aromatic carbocycles. The van der Waals surface area contributed by atoms with Gasteiger partial charge in [0.05, 0.1) is 0 Å². The van der Waals surface area contributed by atoms with Crippen LogP contribution in [0.15, 0.2) is 30.3 Å². The Morgan fingerprint density at radius 2 is 2.00 bits per heavy atom. The average Bonchev–Trinajstić information content (AvgIpc) is 2.27. The molecule has 0 fully saturated rings. The summed E-state index contributed by atoms with van der Waals surface area (Å²) in [4.78, 5) is 11.7. The third-order valence-electron chi connectivity index (χ3n) is 1.80. The first-order valence-electron chi connectivity index (χ1n) is 4.08. The fraction of sp³-hybridized carbons (Fsp3) is 0.222. The molecular formula is C9H14N2OS2. The Kier molecular flexibility index (Phi) is 4.31. The van der Waals surface area contributed by atoms with E-state index in [2.05, 4.69) is 0 Å². The maximum atomic E-state index is 11.7. The molecule has 0 bridgehead atoms. The van der Waals surface area contributed by atoms with Crippen LogP contribution in [0.5, 0.6) is 0 Å². The minimum Gasteiger partial charge on any atom is -0.267 e. The normalized spacial score (nSPS) is 13.5. The van der Waals surface area contributed by atoms with E-state index in [1.807, 2.05) is 30.7 Å². The van der Waals surface area contributed by atoms with Gasteiger partial charge in [0.15, 0.2) is 0 Å². The molecule has 3 nitrogen and oxygen atoms in total. The van der Waals surface area contributed by atoms with E-state index in [-0.39, 0.29) is 5.91 Å². The van der Waals surface area contributed by atoms with E-state index >= 15 is 0 Å². The number of benzene rings is 1. The van der Waals surface area contributed by atoms with Crippen molar-refractivity contribution in [2.45, 2.75) is 0 Å². The van der Waals surface area contributed by atoms with Gasteiger partial charge in [0.1, 0.15) is 0 Å². The van der Waals surface area contributed by atoms with Gasteiger partial charge in [0, 0.05) is 5.56 Å². The molecule has 1 unspecified atom stereocenters. The second-order valence-corrected chi connectivity index (χ2v) is 7.07. The molecule has 0 aliphatic carbocycles. The fourth-order valence-corrected chi connectivity index (χ4v) is 2.23. The molecule has 0 aliphatic heterocycles. The Balaban J connectivity index is 2.76. The Morgan fingerprint density at radius 1 is 1.43 bits per heavy atom. The van der Waals surface area contributed by atoms with Gasteiger partial charge in [-0.2, -0.15) is 0 Å². The Hall–Kier alpha value is -0.650. The highest BCUT2D eigenvalue weighted by molar-refractivity contribution is 8.84. The number of carbonyl (C=O) groups excluding carboxylic acids is 1. The third kappa shape index (κ3) is 2.67. The highest BCUT2D eigenvalue weighted by atomic mass is 33.1. The van der Waals surface area contributed by atoms with Gasteiger partial charge >= 0.3 is 0 Å². The quantitative estimate of drug-likeness (QED) is 0.274. The smallest absolute Gasteiger partial charge is 0.267 e. The van der Waals surface area contributed by atoms with Crippen molar-refractivity contribution in [3.05, 3.63) is 35.9 Å². The highest BCUT2D eigenvalue weighted by Gasteiger charge is 2.14. The number of nitrogens with two attached hydrogens (primary N) is 1. The van der Waals surface area contributed by atoms with Crippen LogP contribution in [0.25, 0.3) is 0 Å². The number of hydrogen-bond donors (Lipinski definition) is 2. The first-order chi connectivity index (χ1) is 6.66. The Bertz CT molecular complexity index is 305. The van der Waals surface area contributed by atoms with Crippen molar-refractivity contribution < 1.29 is 4.79 Å². The molecule has 0 spiro atoms. The van der Waals surface area contributed by atoms with Gasteiger partial charge in [-0.25, -0.2) is 10.3 Å².